The fourth-order valence-corrected chi connectivity index (χ4v) is 18.5. The van der Waals surface area contributed by atoms with Crippen LogP contribution >= 0.6 is 37.2 Å². The Hall–Kier alpha value is 1.06. The molecular formula is C15H33Cl3Ti. The quantitative estimate of drug-likeness (QED) is 0.426. The molecule has 4 heteroatoms. The van der Waals surface area contributed by atoms with Gasteiger partial charge in [-0.2, -0.15) is 0 Å². The van der Waals surface area contributed by atoms with Gasteiger partial charge in [0.1, 0.15) is 0 Å². The number of hydrogen-bond donors (Lipinski definition) is 0. The monoisotopic (exact) mass is 366 g/mol. The number of rotatable bonds is 6. The molecule has 1 rings (SSSR count). The van der Waals surface area contributed by atoms with Gasteiger partial charge in [-0.25, -0.2) is 0 Å². The van der Waals surface area contributed by atoms with Gasteiger partial charge in [0.05, 0.1) is 0 Å². The van der Waals surface area contributed by atoms with E-state index in [1.807, 2.05) is 3.88 Å². The molecule has 0 aromatic rings. The Bertz CT molecular complexity index is 297. The predicted molar refractivity (Wildman–Crippen MR) is 96.0 cm³/mol. The van der Waals surface area contributed by atoms with E-state index >= 15 is 0 Å². The van der Waals surface area contributed by atoms with E-state index in [0.717, 1.165) is 0 Å². The molecule has 1 aliphatic rings. The molecule has 118 valence electrons. The van der Waals surface area contributed by atoms with E-state index in [2.05, 4.69) is 52.8 Å². The van der Waals surface area contributed by atoms with Gasteiger partial charge >= 0.3 is 101 Å². The van der Waals surface area contributed by atoms with Crippen LogP contribution in [0.15, 0.2) is 22.1 Å². The van der Waals surface area contributed by atoms with Gasteiger partial charge in [-0.05, 0) is 0 Å². The second kappa shape index (κ2) is 7.90. The van der Waals surface area contributed by atoms with Crippen LogP contribution in [0, 0.1) is 0 Å². The third-order valence-corrected chi connectivity index (χ3v) is 30.3. The maximum absolute atomic E-state index is 2.91. The first kappa shape index (κ1) is 25.0. The van der Waals surface area contributed by atoms with E-state index in [9.17, 15) is 0 Å². The van der Waals surface area contributed by atoms with Gasteiger partial charge in [0.15, 0.2) is 0 Å². The molecule has 0 saturated heterocycles. The normalized spacial score (nSPS) is 17.2. The molecule has 0 fully saturated rings. The van der Waals surface area contributed by atoms with Crippen LogP contribution in [-0.4, -0.2) is 0 Å². The Kier molecular flexibility index (Phi) is 10.4. The standard InChI is InChI=1S/C5H5.5C2H5.3ClH.Ti/c1-2-4-5-3-1;5*1-2;;;;/h1-3H,4H2;5*1H2,2H3;3*1H;. The molecule has 0 aliphatic heterocycles. The molecule has 0 aromatic heterocycles. The fourth-order valence-electron chi connectivity index (χ4n) is 4.74. The molecule has 0 nitrogen and oxygen atoms in total. The minimum Gasteiger partial charge on any atom is -0.147 e. The molecule has 0 spiro atoms. The molecule has 0 radical (unpaired) electrons. The molecule has 0 unspecified atom stereocenters. The van der Waals surface area contributed by atoms with Gasteiger partial charge in [-0.15, -0.1) is 37.2 Å². The molecular weight excluding hydrogens is 334 g/mol. The van der Waals surface area contributed by atoms with Crippen molar-refractivity contribution in [1.29, 1.82) is 0 Å². The van der Waals surface area contributed by atoms with Crippen LogP contribution in [0.1, 0.15) is 41.0 Å². The van der Waals surface area contributed by atoms with Crippen LogP contribution in [0.2, 0.25) is 23.6 Å². The zero-order valence-electron chi connectivity index (χ0n) is 13.2. The molecule has 0 N–H and O–H groups in total. The second-order valence-electron chi connectivity index (χ2n) is 6.48. The Morgan fingerprint density at radius 3 is 1.37 bits per heavy atom. The first-order valence-corrected chi connectivity index (χ1v) is 13.6. The molecule has 0 amide bonds. The maximum Gasteiger partial charge on any atom is -0.147 e. The van der Waals surface area contributed by atoms with Crippen molar-refractivity contribution >= 4 is 37.2 Å². The van der Waals surface area contributed by atoms with Crippen LogP contribution in [-0.2, 0) is 14.0 Å². The summed E-state index contributed by atoms with van der Waals surface area (Å²) in [5.74, 6) is 0. The fraction of sp³-hybridized carbons (Fsp3) is 0.733. The summed E-state index contributed by atoms with van der Waals surface area (Å²) < 4.78 is 9.13. The van der Waals surface area contributed by atoms with E-state index in [1.165, 1.54) is 30.0 Å². The van der Waals surface area contributed by atoms with Crippen molar-refractivity contribution in [2.24, 2.45) is 0 Å². The van der Waals surface area contributed by atoms with Crippen molar-refractivity contribution in [2.75, 3.05) is 0 Å². The Balaban J connectivity index is -0.000000853. The van der Waals surface area contributed by atoms with E-state index in [0.29, 0.717) is 0 Å². The van der Waals surface area contributed by atoms with Crippen molar-refractivity contribution in [3.8, 4) is 0 Å². The largest absolute Gasteiger partial charge is 0.147 e. The molecule has 0 atom stereocenters. The van der Waals surface area contributed by atoms with Gasteiger partial charge < -0.3 is 0 Å². The topological polar surface area (TPSA) is 0 Å². The minimum absolute atomic E-state index is 0. The first-order valence-electron chi connectivity index (χ1n) is 7.27. The average molecular weight is 368 g/mol. The van der Waals surface area contributed by atoms with Gasteiger partial charge in [0, 0.05) is 0 Å². The minimum atomic E-state index is -2.91. The van der Waals surface area contributed by atoms with Gasteiger partial charge in [-0.3, -0.25) is 0 Å². The van der Waals surface area contributed by atoms with Crippen molar-refractivity contribution < 1.29 is 14.0 Å². The summed E-state index contributed by atoms with van der Waals surface area (Å²) in [7, 11) is 0. The van der Waals surface area contributed by atoms with Crippen molar-refractivity contribution in [1.82, 2.24) is 0 Å². The van der Waals surface area contributed by atoms with E-state index in [4.69, 9.17) is 0 Å². The molecule has 0 heterocycles. The molecule has 1 aliphatic carbocycles. The maximum atomic E-state index is 2.48. The first-order chi connectivity index (χ1) is 7.53. The van der Waals surface area contributed by atoms with Crippen LogP contribution in [0.3, 0.4) is 0 Å². The van der Waals surface area contributed by atoms with Gasteiger partial charge in [-0.1, -0.05) is 0 Å². The van der Waals surface area contributed by atoms with Crippen LogP contribution in [0.5, 0.6) is 0 Å². The average Bonchev–Trinajstić information content (AvgIpc) is 2.91. The van der Waals surface area contributed by atoms with E-state index in [-0.39, 0.29) is 37.2 Å². The zero-order chi connectivity index (χ0) is 12.3. The number of allylic oxidation sites excluding steroid dienone is 4. The Labute approximate surface area is 137 Å². The summed E-state index contributed by atoms with van der Waals surface area (Å²) in [4.78, 5) is 0. The summed E-state index contributed by atoms with van der Waals surface area (Å²) in [6.07, 6.45) is 8.40. The molecule has 0 aromatic carbocycles. The van der Waals surface area contributed by atoms with Crippen LogP contribution in [0.4, 0.5) is 0 Å². The van der Waals surface area contributed by atoms with Crippen molar-refractivity contribution in [3.05, 3.63) is 22.1 Å². The summed E-state index contributed by atoms with van der Waals surface area (Å²) in [6, 6.07) is 0. The second-order valence-corrected chi connectivity index (χ2v) is 23.6. The van der Waals surface area contributed by atoms with E-state index < -0.39 is 14.0 Å². The third kappa shape index (κ3) is 2.99. The molecule has 19 heavy (non-hydrogen) atoms. The molecule has 0 saturated carbocycles. The summed E-state index contributed by atoms with van der Waals surface area (Å²) in [5.41, 5.74) is 0. The Morgan fingerprint density at radius 1 is 0.789 bits per heavy atom. The van der Waals surface area contributed by atoms with Gasteiger partial charge in [0.25, 0.3) is 0 Å². The summed E-state index contributed by atoms with van der Waals surface area (Å²) in [5, 5.41) is 0. The Morgan fingerprint density at radius 2 is 1.16 bits per heavy atom. The van der Waals surface area contributed by atoms with Crippen molar-refractivity contribution in [3.63, 3.8) is 0 Å². The SMILES string of the molecule is C[CH2][Ti]([CH2]C)([CH2]C)([CH2]C)([CH2]C)[C]1=CC=CC1.Cl.Cl.Cl. The number of halogens is 3. The zero-order valence-corrected chi connectivity index (χ0v) is 17.2. The van der Waals surface area contributed by atoms with Crippen LogP contribution < -0.4 is 0 Å². The van der Waals surface area contributed by atoms with Crippen molar-refractivity contribution in [2.45, 2.75) is 64.7 Å². The molecule has 0 bridgehead atoms. The summed E-state index contributed by atoms with van der Waals surface area (Å²) in [6.45, 7) is 12.4. The smallest absolute Gasteiger partial charge is 0.147 e. The van der Waals surface area contributed by atoms with E-state index in [1.54, 1.807) is 0 Å². The van der Waals surface area contributed by atoms with Crippen LogP contribution in [0.25, 0.3) is 0 Å². The number of hydrogen-bond acceptors (Lipinski definition) is 0. The predicted octanol–water partition coefficient (Wildman–Crippen LogP) is 7.51. The summed E-state index contributed by atoms with van der Waals surface area (Å²) >= 11 is -2.91. The third-order valence-electron chi connectivity index (χ3n) is 7.79. The van der Waals surface area contributed by atoms with Gasteiger partial charge in [0.2, 0.25) is 0 Å².